The van der Waals surface area contributed by atoms with Gasteiger partial charge in [0, 0.05) is 19.1 Å². The van der Waals surface area contributed by atoms with E-state index in [0.717, 1.165) is 18.8 Å². The summed E-state index contributed by atoms with van der Waals surface area (Å²) in [5.74, 6) is 0.711. The molecule has 0 aliphatic carbocycles. The quantitative estimate of drug-likeness (QED) is 0.824. The van der Waals surface area contributed by atoms with Crippen LogP contribution in [-0.2, 0) is 0 Å². The molecule has 0 saturated heterocycles. The van der Waals surface area contributed by atoms with E-state index in [-0.39, 0.29) is 6.04 Å². The van der Waals surface area contributed by atoms with Gasteiger partial charge in [0.2, 0.25) is 0 Å². The first-order valence-corrected chi connectivity index (χ1v) is 6.54. The second kappa shape index (κ2) is 6.60. The van der Waals surface area contributed by atoms with Crippen molar-refractivity contribution in [3.8, 4) is 0 Å². The van der Waals surface area contributed by atoms with E-state index in [9.17, 15) is 0 Å². The highest BCUT2D eigenvalue weighted by Crippen LogP contribution is 2.17. The van der Waals surface area contributed by atoms with Crippen molar-refractivity contribution in [1.82, 2.24) is 4.98 Å². The minimum Gasteiger partial charge on any atom is -0.370 e. The number of rotatable bonds is 6. The molecule has 1 aromatic rings. The maximum atomic E-state index is 5.80. The van der Waals surface area contributed by atoms with E-state index < -0.39 is 0 Å². The van der Waals surface area contributed by atoms with Crippen molar-refractivity contribution in [2.75, 3.05) is 18.0 Å². The molecular formula is C14H25N3. The van der Waals surface area contributed by atoms with Gasteiger partial charge in [-0.3, -0.25) is 4.98 Å². The number of hydrogen-bond acceptors (Lipinski definition) is 3. The van der Waals surface area contributed by atoms with Gasteiger partial charge in [-0.1, -0.05) is 20.3 Å². The molecule has 2 atom stereocenters. The molecule has 0 amide bonds. The van der Waals surface area contributed by atoms with Gasteiger partial charge in [0.15, 0.2) is 0 Å². The summed E-state index contributed by atoms with van der Waals surface area (Å²) in [5.41, 5.74) is 7.94. The first-order valence-electron chi connectivity index (χ1n) is 6.54. The Morgan fingerprint density at radius 1 is 1.29 bits per heavy atom. The summed E-state index contributed by atoms with van der Waals surface area (Å²) in [4.78, 5) is 6.78. The predicted octanol–water partition coefficient (Wildman–Crippen LogP) is 2.97. The summed E-state index contributed by atoms with van der Waals surface area (Å²) in [6, 6.07) is 4.16. The highest BCUT2D eigenvalue weighted by molar-refractivity contribution is 5.44. The molecule has 1 unspecified atom stereocenters. The molecule has 1 aromatic heterocycles. The van der Waals surface area contributed by atoms with Gasteiger partial charge in [-0.25, -0.2) is 0 Å². The number of anilines is 1. The molecule has 1 rings (SSSR count). The number of hydrogen-bond donors (Lipinski definition) is 1. The Labute approximate surface area is 105 Å². The van der Waals surface area contributed by atoms with E-state index in [1.807, 2.05) is 19.2 Å². The van der Waals surface area contributed by atoms with Gasteiger partial charge >= 0.3 is 0 Å². The molecule has 0 radical (unpaired) electrons. The van der Waals surface area contributed by atoms with Gasteiger partial charge in [0.25, 0.3) is 0 Å². The van der Waals surface area contributed by atoms with Crippen LogP contribution >= 0.6 is 0 Å². The molecule has 0 spiro atoms. The summed E-state index contributed by atoms with van der Waals surface area (Å²) in [7, 11) is 0. The second-order valence-corrected chi connectivity index (χ2v) is 4.78. The standard InChI is InChI=1S/C14H25N3/c1-5-11(3)10-17(6-2)13-7-8-14(12(4)15)16-9-13/h7-9,11-12H,5-6,10,15H2,1-4H3/t11?,12-/m1/s1. The van der Waals surface area contributed by atoms with Gasteiger partial charge < -0.3 is 10.6 Å². The molecule has 0 aromatic carbocycles. The topological polar surface area (TPSA) is 42.1 Å². The van der Waals surface area contributed by atoms with E-state index in [1.54, 1.807) is 0 Å². The average molecular weight is 235 g/mol. The minimum atomic E-state index is 0.00805. The minimum absolute atomic E-state index is 0.00805. The third kappa shape index (κ3) is 4.00. The van der Waals surface area contributed by atoms with Crippen molar-refractivity contribution in [2.45, 2.75) is 40.2 Å². The Hall–Kier alpha value is -1.09. The van der Waals surface area contributed by atoms with Crippen molar-refractivity contribution < 1.29 is 0 Å². The Balaban J connectivity index is 2.75. The molecular weight excluding hydrogens is 210 g/mol. The fourth-order valence-corrected chi connectivity index (χ4v) is 1.78. The third-order valence-corrected chi connectivity index (χ3v) is 3.21. The van der Waals surface area contributed by atoms with E-state index in [2.05, 4.69) is 36.7 Å². The van der Waals surface area contributed by atoms with Gasteiger partial charge in [0.05, 0.1) is 17.6 Å². The van der Waals surface area contributed by atoms with Crippen molar-refractivity contribution >= 4 is 5.69 Å². The van der Waals surface area contributed by atoms with Crippen LogP contribution in [0.2, 0.25) is 0 Å². The summed E-state index contributed by atoms with van der Waals surface area (Å²) < 4.78 is 0. The van der Waals surface area contributed by atoms with E-state index in [1.165, 1.54) is 12.1 Å². The Kier molecular flexibility index (Phi) is 5.42. The molecule has 2 N–H and O–H groups in total. The van der Waals surface area contributed by atoms with Crippen LogP contribution < -0.4 is 10.6 Å². The van der Waals surface area contributed by atoms with Crippen molar-refractivity contribution in [2.24, 2.45) is 11.7 Å². The highest BCUT2D eigenvalue weighted by atomic mass is 15.1. The van der Waals surface area contributed by atoms with Gasteiger partial charge in [-0.2, -0.15) is 0 Å². The zero-order valence-electron chi connectivity index (χ0n) is 11.5. The fourth-order valence-electron chi connectivity index (χ4n) is 1.78. The SMILES string of the molecule is CCC(C)CN(CC)c1ccc([C@@H](C)N)nc1. The van der Waals surface area contributed by atoms with Crippen LogP contribution in [0.5, 0.6) is 0 Å². The van der Waals surface area contributed by atoms with Crippen molar-refractivity contribution in [3.63, 3.8) is 0 Å². The first kappa shape index (κ1) is 14.0. The summed E-state index contributed by atoms with van der Waals surface area (Å²) in [6.07, 6.45) is 3.15. The smallest absolute Gasteiger partial charge is 0.0569 e. The number of nitrogens with zero attached hydrogens (tertiary/aromatic N) is 2. The van der Waals surface area contributed by atoms with Gasteiger partial charge in [0.1, 0.15) is 0 Å². The lowest BCUT2D eigenvalue weighted by Crippen LogP contribution is -2.28. The van der Waals surface area contributed by atoms with Crippen LogP contribution in [0.4, 0.5) is 5.69 Å². The maximum Gasteiger partial charge on any atom is 0.0569 e. The molecule has 0 fully saturated rings. The number of aromatic nitrogens is 1. The molecule has 3 heteroatoms. The molecule has 96 valence electrons. The summed E-state index contributed by atoms with van der Waals surface area (Å²) in [5, 5.41) is 0. The predicted molar refractivity (Wildman–Crippen MR) is 74.2 cm³/mol. The second-order valence-electron chi connectivity index (χ2n) is 4.78. The lowest BCUT2D eigenvalue weighted by atomic mass is 10.1. The summed E-state index contributed by atoms with van der Waals surface area (Å²) in [6.45, 7) is 10.8. The normalized spacial score (nSPS) is 14.4. The van der Waals surface area contributed by atoms with Crippen LogP contribution in [-0.4, -0.2) is 18.1 Å². The lowest BCUT2D eigenvalue weighted by Gasteiger charge is -2.26. The monoisotopic (exact) mass is 235 g/mol. The molecule has 1 heterocycles. The van der Waals surface area contributed by atoms with Crippen molar-refractivity contribution in [3.05, 3.63) is 24.0 Å². The molecule has 0 aliphatic rings. The third-order valence-electron chi connectivity index (χ3n) is 3.21. The maximum absolute atomic E-state index is 5.80. The molecule has 0 aliphatic heterocycles. The molecule has 0 saturated carbocycles. The highest BCUT2D eigenvalue weighted by Gasteiger charge is 2.09. The van der Waals surface area contributed by atoms with Gasteiger partial charge in [-0.05, 0) is 31.9 Å². The van der Waals surface area contributed by atoms with E-state index in [0.29, 0.717) is 5.92 Å². The number of pyridine rings is 1. The van der Waals surface area contributed by atoms with Crippen LogP contribution in [0.1, 0.15) is 45.9 Å². The summed E-state index contributed by atoms with van der Waals surface area (Å²) >= 11 is 0. The first-order chi connectivity index (χ1) is 8.08. The average Bonchev–Trinajstić information content (AvgIpc) is 2.35. The van der Waals surface area contributed by atoms with Crippen molar-refractivity contribution in [1.29, 1.82) is 0 Å². The molecule has 3 nitrogen and oxygen atoms in total. The van der Waals surface area contributed by atoms with Crippen LogP contribution in [0, 0.1) is 5.92 Å². The largest absolute Gasteiger partial charge is 0.370 e. The van der Waals surface area contributed by atoms with Crippen LogP contribution in [0.25, 0.3) is 0 Å². The number of nitrogens with two attached hydrogens (primary N) is 1. The lowest BCUT2D eigenvalue weighted by molar-refractivity contribution is 0.547. The zero-order chi connectivity index (χ0) is 12.8. The Bertz CT molecular complexity index is 319. The molecule has 17 heavy (non-hydrogen) atoms. The Morgan fingerprint density at radius 3 is 2.41 bits per heavy atom. The van der Waals surface area contributed by atoms with E-state index >= 15 is 0 Å². The Morgan fingerprint density at radius 2 is 2.00 bits per heavy atom. The fraction of sp³-hybridized carbons (Fsp3) is 0.643. The van der Waals surface area contributed by atoms with Gasteiger partial charge in [-0.15, -0.1) is 0 Å². The molecule has 0 bridgehead atoms. The van der Waals surface area contributed by atoms with Crippen LogP contribution in [0.15, 0.2) is 18.3 Å². The van der Waals surface area contributed by atoms with E-state index in [4.69, 9.17) is 5.73 Å². The van der Waals surface area contributed by atoms with Crippen LogP contribution in [0.3, 0.4) is 0 Å². The zero-order valence-corrected chi connectivity index (χ0v) is 11.5.